The maximum Gasteiger partial charge on any atom is 0.344 e. The minimum atomic E-state index is -1.05. The lowest BCUT2D eigenvalue weighted by Crippen LogP contribution is -2.22. The molecule has 4 rings (SSSR count). The number of rotatable bonds is 8. The average Bonchev–Trinajstić information content (AvgIpc) is 2.85. The Labute approximate surface area is 226 Å². The first-order chi connectivity index (χ1) is 17.6. The number of ether oxygens (including phenoxy) is 3. The van der Waals surface area contributed by atoms with Gasteiger partial charge in [0, 0.05) is 10.0 Å². The van der Waals surface area contributed by atoms with Gasteiger partial charge < -0.3 is 24.4 Å². The summed E-state index contributed by atoms with van der Waals surface area (Å²) in [5.74, 6) is -0.442. The van der Waals surface area contributed by atoms with Gasteiger partial charge in [0.1, 0.15) is 17.2 Å². The Morgan fingerprint density at radius 1 is 0.892 bits per heavy atom. The van der Waals surface area contributed by atoms with E-state index in [0.29, 0.717) is 49.2 Å². The topological polar surface area (TPSA) is 128 Å². The molecule has 0 spiro atoms. The number of carboxylic acid groups (broad SMARTS) is 2. The second-order valence-corrected chi connectivity index (χ2v) is 8.55. The highest BCUT2D eigenvalue weighted by atomic mass is 35.5. The zero-order valence-electron chi connectivity index (χ0n) is 19.1. The van der Waals surface area contributed by atoms with Crippen molar-refractivity contribution in [3.05, 3.63) is 81.9 Å². The van der Waals surface area contributed by atoms with Crippen molar-refractivity contribution in [3.63, 3.8) is 0 Å². The third kappa shape index (κ3) is 8.68. The van der Waals surface area contributed by atoms with Gasteiger partial charge in [-0.1, -0.05) is 34.8 Å². The van der Waals surface area contributed by atoms with Gasteiger partial charge in [-0.25, -0.2) is 19.6 Å². The Balaban J connectivity index is 0.000000248. The second kappa shape index (κ2) is 13.0. The molecule has 37 heavy (non-hydrogen) atoms. The molecule has 1 atom stereocenters. The van der Waals surface area contributed by atoms with Crippen LogP contribution in [-0.4, -0.2) is 44.8 Å². The zero-order valence-corrected chi connectivity index (χ0v) is 21.4. The van der Waals surface area contributed by atoms with E-state index in [2.05, 4.69) is 9.97 Å². The van der Waals surface area contributed by atoms with E-state index >= 15 is 0 Å². The smallest absolute Gasteiger partial charge is 0.344 e. The molecule has 0 amide bonds. The van der Waals surface area contributed by atoms with Crippen LogP contribution in [0.4, 0.5) is 0 Å². The van der Waals surface area contributed by atoms with Crippen molar-refractivity contribution in [3.8, 4) is 23.1 Å². The van der Waals surface area contributed by atoms with Crippen LogP contribution in [0.1, 0.15) is 6.92 Å². The number of nitrogens with zero attached hydrogens (tertiary/aromatic N) is 2. The molecule has 0 aliphatic heterocycles. The number of carboxylic acids is 2. The van der Waals surface area contributed by atoms with Crippen LogP contribution in [0.2, 0.25) is 15.1 Å². The van der Waals surface area contributed by atoms with E-state index in [4.69, 9.17) is 59.2 Å². The Kier molecular flexibility index (Phi) is 9.73. The molecule has 9 nitrogen and oxygen atoms in total. The number of fused-ring (bicyclic) bond motifs is 1. The van der Waals surface area contributed by atoms with Crippen LogP contribution in [-0.2, 0) is 9.59 Å². The predicted octanol–water partition coefficient (Wildman–Crippen LogP) is 6.38. The van der Waals surface area contributed by atoms with E-state index in [1.807, 2.05) is 0 Å². The highest BCUT2D eigenvalue weighted by molar-refractivity contribution is 6.35. The van der Waals surface area contributed by atoms with Gasteiger partial charge in [-0.3, -0.25) is 0 Å². The fourth-order valence-electron chi connectivity index (χ4n) is 2.71. The van der Waals surface area contributed by atoms with Crippen LogP contribution in [0.25, 0.3) is 11.0 Å². The standard InChI is InChI=1S/C17H13ClN2O4.C8H6Cl2O3/c1-10(17(21)22)23-12-3-5-13(6-4-12)24-16-9-19-15-8-11(18)2-7-14(15)20-16;9-5-1-2-7(6(10)3-5)13-4-8(11)12/h2-10H,1H3,(H,21,22);1-3H,4H2,(H,11,12). The Morgan fingerprint density at radius 3 is 2.19 bits per heavy atom. The lowest BCUT2D eigenvalue weighted by molar-refractivity contribution is -0.144. The van der Waals surface area contributed by atoms with Gasteiger partial charge in [-0.15, -0.1) is 0 Å². The largest absolute Gasteiger partial charge is 0.480 e. The van der Waals surface area contributed by atoms with E-state index in [1.165, 1.54) is 25.3 Å². The summed E-state index contributed by atoms with van der Waals surface area (Å²) in [6.45, 7) is 1.05. The number of carbonyl (C=O) groups is 2. The van der Waals surface area contributed by atoms with Crippen LogP contribution >= 0.6 is 34.8 Å². The molecular formula is C25H19Cl3N2O7. The van der Waals surface area contributed by atoms with Crippen LogP contribution in [0.15, 0.2) is 66.9 Å². The number of aliphatic carboxylic acids is 2. The van der Waals surface area contributed by atoms with Crippen molar-refractivity contribution in [2.75, 3.05) is 6.61 Å². The molecular weight excluding hydrogens is 547 g/mol. The molecule has 192 valence electrons. The van der Waals surface area contributed by atoms with Crippen LogP contribution < -0.4 is 14.2 Å². The lowest BCUT2D eigenvalue weighted by atomic mass is 10.3. The molecule has 0 bridgehead atoms. The third-order valence-electron chi connectivity index (χ3n) is 4.43. The van der Waals surface area contributed by atoms with Crippen molar-refractivity contribution < 1.29 is 34.0 Å². The molecule has 0 aliphatic carbocycles. The summed E-state index contributed by atoms with van der Waals surface area (Å²) in [6.07, 6.45) is 0.588. The summed E-state index contributed by atoms with van der Waals surface area (Å²) in [5, 5.41) is 18.5. The third-order valence-corrected chi connectivity index (χ3v) is 5.20. The second-order valence-electron chi connectivity index (χ2n) is 7.27. The molecule has 12 heteroatoms. The summed E-state index contributed by atoms with van der Waals surface area (Å²) < 4.78 is 15.8. The van der Waals surface area contributed by atoms with Crippen molar-refractivity contribution in [1.29, 1.82) is 0 Å². The first-order valence-corrected chi connectivity index (χ1v) is 11.6. The molecule has 2 N–H and O–H groups in total. The monoisotopic (exact) mass is 564 g/mol. The molecule has 0 saturated carbocycles. The Bertz CT molecular complexity index is 1400. The minimum Gasteiger partial charge on any atom is -0.480 e. The summed E-state index contributed by atoms with van der Waals surface area (Å²) in [7, 11) is 0. The van der Waals surface area contributed by atoms with Gasteiger partial charge in [-0.05, 0) is 67.6 Å². The minimum absolute atomic E-state index is 0.300. The number of aromatic nitrogens is 2. The van der Waals surface area contributed by atoms with E-state index in [-0.39, 0.29) is 0 Å². The Hall–Kier alpha value is -3.79. The first-order valence-electron chi connectivity index (χ1n) is 10.5. The number of halogens is 3. The maximum absolute atomic E-state index is 10.8. The number of hydrogen-bond donors (Lipinski definition) is 2. The summed E-state index contributed by atoms with van der Waals surface area (Å²) >= 11 is 17.2. The van der Waals surface area contributed by atoms with Gasteiger partial charge in [-0.2, -0.15) is 0 Å². The molecule has 0 saturated heterocycles. The zero-order chi connectivity index (χ0) is 26.9. The van der Waals surface area contributed by atoms with E-state index < -0.39 is 24.6 Å². The predicted molar refractivity (Wildman–Crippen MR) is 138 cm³/mol. The fourth-order valence-corrected chi connectivity index (χ4v) is 3.34. The molecule has 1 heterocycles. The fraction of sp³-hybridized carbons (Fsp3) is 0.120. The van der Waals surface area contributed by atoms with Gasteiger partial charge >= 0.3 is 11.9 Å². The molecule has 1 unspecified atom stereocenters. The van der Waals surface area contributed by atoms with Gasteiger partial charge in [0.15, 0.2) is 12.7 Å². The van der Waals surface area contributed by atoms with Gasteiger partial charge in [0.05, 0.1) is 22.3 Å². The van der Waals surface area contributed by atoms with Crippen molar-refractivity contribution in [1.82, 2.24) is 9.97 Å². The normalized spacial score (nSPS) is 11.1. The van der Waals surface area contributed by atoms with Crippen LogP contribution in [0.3, 0.4) is 0 Å². The van der Waals surface area contributed by atoms with Crippen LogP contribution in [0, 0.1) is 0 Å². The molecule has 0 fully saturated rings. The summed E-state index contributed by atoms with van der Waals surface area (Å²) in [5.41, 5.74) is 1.35. The van der Waals surface area contributed by atoms with Gasteiger partial charge in [0.2, 0.25) is 5.88 Å². The first kappa shape index (κ1) is 27.8. The summed E-state index contributed by atoms with van der Waals surface area (Å²) in [6, 6.07) is 16.4. The van der Waals surface area contributed by atoms with Crippen molar-refractivity contribution in [2.45, 2.75) is 13.0 Å². The highest BCUT2D eigenvalue weighted by Gasteiger charge is 2.12. The SMILES string of the molecule is CC(Oc1ccc(Oc2cnc3cc(Cl)ccc3n2)cc1)C(=O)O.O=C(O)COc1ccc(Cl)cc1Cl. The Morgan fingerprint density at radius 2 is 1.54 bits per heavy atom. The molecule has 4 aromatic rings. The molecule has 0 radical (unpaired) electrons. The van der Waals surface area contributed by atoms with Crippen molar-refractivity contribution >= 4 is 57.8 Å². The number of hydrogen-bond acceptors (Lipinski definition) is 7. The lowest BCUT2D eigenvalue weighted by Gasteiger charge is -2.11. The molecule has 0 aliphatic rings. The maximum atomic E-state index is 10.8. The molecule has 1 aromatic heterocycles. The quantitative estimate of drug-likeness (QED) is 0.250. The van der Waals surface area contributed by atoms with Crippen molar-refractivity contribution in [2.24, 2.45) is 0 Å². The number of benzene rings is 3. The van der Waals surface area contributed by atoms with Gasteiger partial charge in [0.25, 0.3) is 0 Å². The van der Waals surface area contributed by atoms with E-state index in [1.54, 1.807) is 48.5 Å². The van der Waals surface area contributed by atoms with Crippen LogP contribution in [0.5, 0.6) is 23.1 Å². The van der Waals surface area contributed by atoms with E-state index in [9.17, 15) is 9.59 Å². The summed E-state index contributed by atoms with van der Waals surface area (Å²) in [4.78, 5) is 29.5. The highest BCUT2D eigenvalue weighted by Crippen LogP contribution is 2.27. The molecule has 3 aromatic carbocycles. The average molecular weight is 566 g/mol. The van der Waals surface area contributed by atoms with E-state index in [0.717, 1.165) is 0 Å².